The first-order valence-electron chi connectivity index (χ1n) is 10.7. The van der Waals surface area contributed by atoms with Gasteiger partial charge in [-0.2, -0.15) is 0 Å². The second-order valence-corrected chi connectivity index (χ2v) is 9.14. The van der Waals surface area contributed by atoms with Crippen molar-refractivity contribution in [1.29, 1.82) is 0 Å². The van der Waals surface area contributed by atoms with Gasteiger partial charge in [0, 0.05) is 25.2 Å². The third-order valence-corrected chi connectivity index (χ3v) is 7.35. The van der Waals surface area contributed by atoms with E-state index in [4.69, 9.17) is 9.47 Å². The number of rotatable bonds is 6. The first-order chi connectivity index (χ1) is 15.5. The molecular weight excluding hydrogens is 431 g/mol. The molecule has 0 N–H and O–H groups in total. The molecule has 2 heterocycles. The lowest BCUT2D eigenvalue weighted by Crippen LogP contribution is -2.42. The Balaban J connectivity index is 1.39. The highest BCUT2D eigenvalue weighted by Gasteiger charge is 2.36. The number of thioether (sulfide) groups is 1. The average Bonchev–Trinajstić information content (AvgIpc) is 3.18. The van der Waals surface area contributed by atoms with E-state index in [2.05, 4.69) is 0 Å². The molecule has 2 saturated heterocycles. The van der Waals surface area contributed by atoms with Crippen molar-refractivity contribution in [3.8, 4) is 11.5 Å². The van der Waals surface area contributed by atoms with Crippen LogP contribution in [0.25, 0.3) is 0 Å². The van der Waals surface area contributed by atoms with Crippen LogP contribution in [-0.2, 0) is 4.79 Å². The number of amides is 2. The molecule has 2 fully saturated rings. The summed E-state index contributed by atoms with van der Waals surface area (Å²) in [5.41, 5.74) is 1.39. The minimum Gasteiger partial charge on any atom is -0.493 e. The number of benzene rings is 2. The van der Waals surface area contributed by atoms with E-state index in [9.17, 15) is 14.0 Å². The van der Waals surface area contributed by atoms with E-state index >= 15 is 0 Å². The highest BCUT2D eigenvalue weighted by molar-refractivity contribution is 8.00. The molecule has 2 amide bonds. The number of halogens is 1. The Morgan fingerprint density at radius 3 is 2.53 bits per heavy atom. The molecule has 0 bridgehead atoms. The van der Waals surface area contributed by atoms with Crippen LogP contribution in [0.4, 0.5) is 4.39 Å². The Labute approximate surface area is 191 Å². The van der Waals surface area contributed by atoms with Gasteiger partial charge in [0.25, 0.3) is 5.91 Å². The lowest BCUT2D eigenvalue weighted by atomic mass is 9.95. The van der Waals surface area contributed by atoms with Crippen LogP contribution in [0.2, 0.25) is 0 Å². The number of piperidine rings is 1. The van der Waals surface area contributed by atoms with Crippen LogP contribution in [0.15, 0.2) is 42.5 Å². The summed E-state index contributed by atoms with van der Waals surface area (Å²) in [5.74, 6) is 1.66. The first-order valence-corrected chi connectivity index (χ1v) is 11.7. The fraction of sp³-hybridized carbons (Fsp3) is 0.417. The molecule has 2 aliphatic rings. The summed E-state index contributed by atoms with van der Waals surface area (Å²) >= 11 is 1.62. The SMILES string of the molecule is COc1ccc(C2SCC(=O)N2CC2CCN(C(=O)c3cccc(F)c3)CC2)cc1OC. The van der Waals surface area contributed by atoms with Gasteiger partial charge < -0.3 is 19.3 Å². The minimum atomic E-state index is -0.406. The van der Waals surface area contributed by atoms with Crippen molar-refractivity contribution in [1.82, 2.24) is 9.80 Å². The monoisotopic (exact) mass is 458 g/mol. The zero-order valence-electron chi connectivity index (χ0n) is 18.3. The van der Waals surface area contributed by atoms with Crippen molar-refractivity contribution in [2.45, 2.75) is 18.2 Å². The lowest BCUT2D eigenvalue weighted by Gasteiger charge is -2.35. The Kier molecular flexibility index (Phi) is 6.89. The van der Waals surface area contributed by atoms with Crippen molar-refractivity contribution >= 4 is 23.6 Å². The molecule has 0 aliphatic carbocycles. The largest absolute Gasteiger partial charge is 0.493 e. The average molecular weight is 459 g/mol. The molecule has 0 radical (unpaired) electrons. The number of carbonyl (C=O) groups is 2. The highest BCUT2D eigenvalue weighted by atomic mass is 32.2. The van der Waals surface area contributed by atoms with Crippen molar-refractivity contribution in [2.75, 3.05) is 39.6 Å². The van der Waals surface area contributed by atoms with Gasteiger partial charge in [-0.25, -0.2) is 4.39 Å². The molecule has 2 aromatic carbocycles. The van der Waals surface area contributed by atoms with Gasteiger partial charge in [-0.3, -0.25) is 9.59 Å². The number of carbonyl (C=O) groups excluding carboxylic acids is 2. The Hall–Kier alpha value is -2.74. The van der Waals surface area contributed by atoms with E-state index in [0.717, 1.165) is 18.4 Å². The molecular formula is C24H27FN2O4S. The zero-order valence-corrected chi connectivity index (χ0v) is 19.1. The van der Waals surface area contributed by atoms with Gasteiger partial charge in [-0.1, -0.05) is 12.1 Å². The first kappa shape index (κ1) is 22.5. The van der Waals surface area contributed by atoms with Crippen LogP contribution in [0.3, 0.4) is 0 Å². The van der Waals surface area contributed by atoms with Gasteiger partial charge in [0.15, 0.2) is 11.5 Å². The normalized spacial score (nSPS) is 19.3. The van der Waals surface area contributed by atoms with Gasteiger partial charge in [-0.05, 0) is 54.7 Å². The maximum atomic E-state index is 13.5. The molecule has 0 saturated carbocycles. The predicted molar refractivity (Wildman–Crippen MR) is 121 cm³/mol. The molecule has 0 aromatic heterocycles. The van der Waals surface area contributed by atoms with Gasteiger partial charge in [0.1, 0.15) is 11.2 Å². The minimum absolute atomic E-state index is 0.0609. The molecule has 170 valence electrons. The number of hydrogen-bond donors (Lipinski definition) is 0. The lowest BCUT2D eigenvalue weighted by molar-refractivity contribution is -0.128. The highest BCUT2D eigenvalue weighted by Crippen LogP contribution is 2.42. The Morgan fingerprint density at radius 2 is 1.84 bits per heavy atom. The molecule has 32 heavy (non-hydrogen) atoms. The summed E-state index contributed by atoms with van der Waals surface area (Å²) in [4.78, 5) is 29.0. The van der Waals surface area contributed by atoms with Gasteiger partial charge in [0.05, 0.1) is 20.0 Å². The summed E-state index contributed by atoms with van der Waals surface area (Å²) in [6.45, 7) is 1.87. The maximum absolute atomic E-state index is 13.5. The van der Waals surface area contributed by atoms with Crippen molar-refractivity contribution in [3.05, 3.63) is 59.4 Å². The molecule has 2 aromatic rings. The van der Waals surface area contributed by atoms with Crippen LogP contribution in [0.5, 0.6) is 11.5 Å². The predicted octanol–water partition coefficient (Wildman–Crippen LogP) is 3.97. The zero-order chi connectivity index (χ0) is 22.7. The van der Waals surface area contributed by atoms with Gasteiger partial charge in [0.2, 0.25) is 5.91 Å². The number of nitrogens with zero attached hydrogens (tertiary/aromatic N) is 2. The summed E-state index contributed by atoms with van der Waals surface area (Å²) < 4.78 is 24.2. The molecule has 1 unspecified atom stereocenters. The maximum Gasteiger partial charge on any atom is 0.253 e. The van der Waals surface area contributed by atoms with E-state index in [-0.39, 0.29) is 17.2 Å². The summed E-state index contributed by atoms with van der Waals surface area (Å²) in [7, 11) is 3.20. The van der Waals surface area contributed by atoms with Crippen LogP contribution in [-0.4, -0.2) is 61.2 Å². The molecule has 8 heteroatoms. The van der Waals surface area contributed by atoms with E-state index in [1.165, 1.54) is 12.1 Å². The topological polar surface area (TPSA) is 59.1 Å². The fourth-order valence-electron chi connectivity index (χ4n) is 4.33. The molecule has 1 atom stereocenters. The van der Waals surface area contributed by atoms with Crippen molar-refractivity contribution in [3.63, 3.8) is 0 Å². The van der Waals surface area contributed by atoms with Crippen molar-refractivity contribution < 1.29 is 23.5 Å². The third-order valence-electron chi connectivity index (χ3n) is 6.09. The molecule has 0 spiro atoms. The van der Waals surface area contributed by atoms with E-state index < -0.39 is 5.82 Å². The smallest absolute Gasteiger partial charge is 0.253 e. The van der Waals surface area contributed by atoms with E-state index in [1.807, 2.05) is 23.1 Å². The van der Waals surface area contributed by atoms with E-state index in [1.54, 1.807) is 43.0 Å². The van der Waals surface area contributed by atoms with E-state index in [0.29, 0.717) is 48.4 Å². The molecule has 6 nitrogen and oxygen atoms in total. The third kappa shape index (κ3) is 4.70. The number of likely N-dealkylation sites (tertiary alicyclic amines) is 1. The number of ether oxygens (including phenoxy) is 2. The number of methoxy groups -OCH3 is 2. The van der Waals surface area contributed by atoms with Gasteiger partial charge >= 0.3 is 0 Å². The molecule has 2 aliphatic heterocycles. The second-order valence-electron chi connectivity index (χ2n) is 8.07. The van der Waals surface area contributed by atoms with Crippen LogP contribution < -0.4 is 9.47 Å². The summed E-state index contributed by atoms with van der Waals surface area (Å²) in [6, 6.07) is 11.6. The van der Waals surface area contributed by atoms with Crippen molar-refractivity contribution in [2.24, 2.45) is 5.92 Å². The van der Waals surface area contributed by atoms with Crippen LogP contribution >= 0.6 is 11.8 Å². The summed E-state index contributed by atoms with van der Waals surface area (Å²) in [5, 5.41) is -0.0609. The molecule has 4 rings (SSSR count). The van der Waals surface area contributed by atoms with Gasteiger partial charge in [-0.15, -0.1) is 11.8 Å². The number of hydrogen-bond acceptors (Lipinski definition) is 5. The fourth-order valence-corrected chi connectivity index (χ4v) is 5.52. The summed E-state index contributed by atoms with van der Waals surface area (Å²) in [6.07, 6.45) is 1.63. The second kappa shape index (κ2) is 9.81. The Morgan fingerprint density at radius 1 is 1.09 bits per heavy atom. The van der Waals surface area contributed by atoms with Crippen LogP contribution in [0.1, 0.15) is 34.1 Å². The Bertz CT molecular complexity index is 994. The standard InChI is InChI=1S/C24H27FN2O4S/c1-30-20-7-6-18(13-21(20)31-2)24-27(22(28)15-32-24)14-16-8-10-26(11-9-16)23(29)17-4-3-5-19(25)12-17/h3-7,12-13,16,24H,8-11,14-15H2,1-2H3. The van der Waals surface area contributed by atoms with Crippen LogP contribution in [0, 0.1) is 11.7 Å². The quantitative estimate of drug-likeness (QED) is 0.656.